The molecule has 0 aliphatic carbocycles. The van der Waals surface area contributed by atoms with Crippen molar-refractivity contribution in [2.45, 2.75) is 18.7 Å². The Labute approximate surface area is 156 Å². The first-order chi connectivity index (χ1) is 12.3. The van der Waals surface area contributed by atoms with Gasteiger partial charge in [-0.1, -0.05) is 6.07 Å². The Morgan fingerprint density at radius 2 is 1.77 bits per heavy atom. The van der Waals surface area contributed by atoms with E-state index in [-0.39, 0.29) is 10.8 Å². The van der Waals surface area contributed by atoms with Crippen molar-refractivity contribution in [1.29, 1.82) is 0 Å². The number of thiazole rings is 1. The van der Waals surface area contributed by atoms with Crippen LogP contribution in [0.4, 0.5) is 10.8 Å². The number of aryl methyl sites for hydroxylation is 2. The molecule has 26 heavy (non-hydrogen) atoms. The molecule has 3 rings (SSSR count). The molecule has 0 radical (unpaired) electrons. The molecule has 8 heteroatoms. The Hall–Kier alpha value is -2.71. The van der Waals surface area contributed by atoms with Crippen LogP contribution in [0.15, 0.2) is 58.9 Å². The lowest BCUT2D eigenvalue weighted by atomic mass is 10.1. The normalized spacial score (nSPS) is 11.2. The van der Waals surface area contributed by atoms with Crippen molar-refractivity contribution in [3.8, 4) is 0 Å². The van der Waals surface area contributed by atoms with Crippen molar-refractivity contribution in [2.75, 3.05) is 10.0 Å². The van der Waals surface area contributed by atoms with Gasteiger partial charge < -0.3 is 0 Å². The molecule has 1 heterocycles. The van der Waals surface area contributed by atoms with Gasteiger partial charge in [-0.05, 0) is 61.4 Å². The summed E-state index contributed by atoms with van der Waals surface area (Å²) in [7, 11) is -3.73. The summed E-state index contributed by atoms with van der Waals surface area (Å²) in [6.07, 6.45) is 1.59. The molecule has 3 aromatic rings. The zero-order valence-electron chi connectivity index (χ0n) is 14.2. The molecule has 6 nitrogen and oxygen atoms in total. The summed E-state index contributed by atoms with van der Waals surface area (Å²) in [5, 5.41) is 4.89. The van der Waals surface area contributed by atoms with Crippen LogP contribution in [0.1, 0.15) is 21.5 Å². The van der Waals surface area contributed by atoms with Gasteiger partial charge in [0, 0.05) is 22.8 Å². The first kappa shape index (κ1) is 18.1. The molecule has 134 valence electrons. The van der Waals surface area contributed by atoms with Crippen LogP contribution in [0.2, 0.25) is 0 Å². The van der Waals surface area contributed by atoms with E-state index >= 15 is 0 Å². The maximum atomic E-state index is 12.5. The van der Waals surface area contributed by atoms with E-state index in [0.29, 0.717) is 16.4 Å². The molecular formula is C18H17N3O3S2. The van der Waals surface area contributed by atoms with Gasteiger partial charge in [0.1, 0.15) is 0 Å². The molecule has 0 fully saturated rings. The highest BCUT2D eigenvalue weighted by Gasteiger charge is 2.16. The third-order valence-corrected chi connectivity index (χ3v) is 5.92. The maximum absolute atomic E-state index is 12.5. The number of carbonyl (C=O) groups is 1. The third kappa shape index (κ3) is 4.09. The van der Waals surface area contributed by atoms with E-state index in [1.807, 2.05) is 19.9 Å². The van der Waals surface area contributed by atoms with Gasteiger partial charge in [-0.25, -0.2) is 13.4 Å². The molecule has 2 N–H and O–H groups in total. The molecule has 0 atom stereocenters. The molecule has 2 aromatic carbocycles. The van der Waals surface area contributed by atoms with Crippen LogP contribution >= 0.6 is 11.3 Å². The van der Waals surface area contributed by atoms with Crippen molar-refractivity contribution < 1.29 is 13.2 Å². The molecule has 0 aliphatic heterocycles. The molecule has 0 aliphatic rings. The van der Waals surface area contributed by atoms with Gasteiger partial charge in [-0.15, -0.1) is 11.3 Å². The van der Waals surface area contributed by atoms with Crippen molar-refractivity contribution in [3.63, 3.8) is 0 Å². The van der Waals surface area contributed by atoms with Crippen molar-refractivity contribution in [1.82, 2.24) is 4.98 Å². The first-order valence-corrected chi connectivity index (χ1v) is 10.1. The lowest BCUT2D eigenvalue weighted by Crippen LogP contribution is -2.15. The van der Waals surface area contributed by atoms with E-state index in [2.05, 4.69) is 15.0 Å². The SMILES string of the molecule is Cc1ccc(NS(=O)(=O)c2ccc(C(=O)Nc3nccs3)cc2)cc1C. The first-order valence-electron chi connectivity index (χ1n) is 7.76. The van der Waals surface area contributed by atoms with E-state index in [1.54, 1.807) is 23.7 Å². The van der Waals surface area contributed by atoms with E-state index in [9.17, 15) is 13.2 Å². The highest BCUT2D eigenvalue weighted by atomic mass is 32.2. The van der Waals surface area contributed by atoms with E-state index in [0.717, 1.165) is 11.1 Å². The number of carbonyl (C=O) groups excluding carboxylic acids is 1. The van der Waals surface area contributed by atoms with Gasteiger partial charge in [0.25, 0.3) is 15.9 Å². The summed E-state index contributed by atoms with van der Waals surface area (Å²) in [4.78, 5) is 16.2. The molecule has 0 unspecified atom stereocenters. The predicted octanol–water partition coefficient (Wildman–Crippen LogP) is 3.81. The Balaban J connectivity index is 1.76. The number of amides is 1. The number of sulfonamides is 1. The minimum atomic E-state index is -3.73. The number of nitrogens with zero attached hydrogens (tertiary/aromatic N) is 1. The number of benzene rings is 2. The Morgan fingerprint density at radius 1 is 1.04 bits per heavy atom. The highest BCUT2D eigenvalue weighted by Crippen LogP contribution is 2.20. The van der Waals surface area contributed by atoms with Crippen molar-refractivity contribution >= 4 is 38.1 Å². The average molecular weight is 387 g/mol. The highest BCUT2D eigenvalue weighted by molar-refractivity contribution is 7.92. The van der Waals surface area contributed by atoms with Gasteiger partial charge in [-0.2, -0.15) is 0 Å². The summed E-state index contributed by atoms with van der Waals surface area (Å²) in [5.41, 5.74) is 2.94. The fraction of sp³-hybridized carbons (Fsp3) is 0.111. The van der Waals surface area contributed by atoms with Gasteiger partial charge in [-0.3, -0.25) is 14.8 Å². The van der Waals surface area contributed by atoms with E-state index in [4.69, 9.17) is 0 Å². The van der Waals surface area contributed by atoms with Gasteiger partial charge in [0.2, 0.25) is 0 Å². The lowest BCUT2D eigenvalue weighted by Gasteiger charge is -2.10. The lowest BCUT2D eigenvalue weighted by molar-refractivity contribution is 0.102. The largest absolute Gasteiger partial charge is 0.298 e. The average Bonchev–Trinajstić information content (AvgIpc) is 3.11. The second-order valence-electron chi connectivity index (χ2n) is 5.72. The molecular weight excluding hydrogens is 370 g/mol. The number of hydrogen-bond donors (Lipinski definition) is 2. The Morgan fingerprint density at radius 3 is 2.38 bits per heavy atom. The van der Waals surface area contributed by atoms with E-state index < -0.39 is 10.0 Å². The molecule has 0 saturated carbocycles. The van der Waals surface area contributed by atoms with Crippen LogP contribution in [0.25, 0.3) is 0 Å². The fourth-order valence-corrected chi connectivity index (χ4v) is 3.83. The monoisotopic (exact) mass is 387 g/mol. The molecule has 1 aromatic heterocycles. The van der Waals surface area contributed by atoms with Crippen LogP contribution in [0, 0.1) is 13.8 Å². The van der Waals surface area contributed by atoms with Crippen LogP contribution in [-0.4, -0.2) is 19.3 Å². The number of nitrogens with one attached hydrogen (secondary N) is 2. The van der Waals surface area contributed by atoms with Crippen molar-refractivity contribution in [3.05, 3.63) is 70.7 Å². The standard InChI is InChI=1S/C18H17N3O3S2/c1-12-3-6-15(11-13(12)2)21-26(23,24)16-7-4-14(5-8-16)17(22)20-18-19-9-10-25-18/h3-11,21H,1-2H3,(H,19,20,22). The van der Waals surface area contributed by atoms with E-state index in [1.165, 1.54) is 35.6 Å². The molecule has 0 bridgehead atoms. The fourth-order valence-electron chi connectivity index (χ4n) is 2.26. The number of anilines is 2. The molecule has 0 spiro atoms. The summed E-state index contributed by atoms with van der Waals surface area (Å²) in [5.74, 6) is -0.342. The molecule has 0 saturated heterocycles. The van der Waals surface area contributed by atoms with Crippen LogP contribution in [0.3, 0.4) is 0 Å². The maximum Gasteiger partial charge on any atom is 0.261 e. The molecule has 1 amide bonds. The van der Waals surface area contributed by atoms with Crippen LogP contribution in [0.5, 0.6) is 0 Å². The quantitative estimate of drug-likeness (QED) is 0.697. The summed E-state index contributed by atoms with van der Waals surface area (Å²) in [6, 6.07) is 11.1. The third-order valence-electron chi connectivity index (χ3n) is 3.84. The number of hydrogen-bond acceptors (Lipinski definition) is 5. The van der Waals surface area contributed by atoms with Gasteiger partial charge in [0.15, 0.2) is 5.13 Å². The van der Waals surface area contributed by atoms with Crippen LogP contribution < -0.4 is 10.0 Å². The van der Waals surface area contributed by atoms with Gasteiger partial charge >= 0.3 is 0 Å². The summed E-state index contributed by atoms with van der Waals surface area (Å²) < 4.78 is 27.6. The topological polar surface area (TPSA) is 88.2 Å². The number of rotatable bonds is 5. The number of aromatic nitrogens is 1. The summed E-state index contributed by atoms with van der Waals surface area (Å²) >= 11 is 1.31. The van der Waals surface area contributed by atoms with Crippen LogP contribution in [-0.2, 0) is 10.0 Å². The Kier molecular flexibility index (Phi) is 5.06. The zero-order valence-corrected chi connectivity index (χ0v) is 15.8. The minimum absolute atomic E-state index is 0.0847. The second-order valence-corrected chi connectivity index (χ2v) is 8.30. The Bertz CT molecular complexity index is 1030. The smallest absolute Gasteiger partial charge is 0.261 e. The van der Waals surface area contributed by atoms with Gasteiger partial charge in [0.05, 0.1) is 4.90 Å². The van der Waals surface area contributed by atoms with Crippen molar-refractivity contribution in [2.24, 2.45) is 0 Å². The summed E-state index contributed by atoms with van der Waals surface area (Å²) in [6.45, 7) is 3.88. The zero-order chi connectivity index (χ0) is 18.7. The predicted molar refractivity (Wildman–Crippen MR) is 103 cm³/mol. The second kappa shape index (κ2) is 7.27. The minimum Gasteiger partial charge on any atom is -0.298 e.